The van der Waals surface area contributed by atoms with Gasteiger partial charge in [-0.25, -0.2) is 9.59 Å². The zero-order valence-electron chi connectivity index (χ0n) is 10.1. The predicted molar refractivity (Wildman–Crippen MR) is 64.7 cm³/mol. The van der Waals surface area contributed by atoms with Gasteiger partial charge in [-0.1, -0.05) is 6.58 Å². The van der Waals surface area contributed by atoms with E-state index in [1.165, 1.54) is 23.0 Å². The van der Waals surface area contributed by atoms with Crippen LogP contribution in [0.15, 0.2) is 23.6 Å². The Bertz CT molecular complexity index is 485. The van der Waals surface area contributed by atoms with Crippen LogP contribution < -0.4 is 11.0 Å². The Kier molecular flexibility index (Phi) is 3.67. The summed E-state index contributed by atoms with van der Waals surface area (Å²) in [7, 11) is 0. The first-order chi connectivity index (χ1) is 7.81. The van der Waals surface area contributed by atoms with Crippen molar-refractivity contribution in [2.24, 2.45) is 0 Å². The Morgan fingerprint density at radius 1 is 1.59 bits per heavy atom. The third kappa shape index (κ3) is 4.10. The average molecular weight is 237 g/mol. The molecule has 0 saturated carbocycles. The second kappa shape index (κ2) is 4.82. The summed E-state index contributed by atoms with van der Waals surface area (Å²) in [4.78, 5) is 26.4. The highest BCUT2D eigenvalue weighted by Gasteiger charge is 2.16. The Hall–Kier alpha value is -2.11. The van der Waals surface area contributed by atoms with Gasteiger partial charge in [0.2, 0.25) is 0 Å². The second-order valence-corrected chi connectivity index (χ2v) is 4.31. The number of amides is 1. The molecule has 0 radical (unpaired) electrons. The molecule has 0 fully saturated rings. The molecule has 0 spiro atoms. The van der Waals surface area contributed by atoms with Gasteiger partial charge in [0.05, 0.1) is 0 Å². The molecule has 17 heavy (non-hydrogen) atoms. The van der Waals surface area contributed by atoms with Gasteiger partial charge in [0.25, 0.3) is 0 Å². The maximum atomic E-state index is 11.4. The Balaban J connectivity index is 2.76. The monoisotopic (exact) mass is 237 g/mol. The minimum atomic E-state index is -0.652. The van der Waals surface area contributed by atoms with E-state index in [9.17, 15) is 9.59 Å². The molecule has 1 N–H and O–H groups in total. The quantitative estimate of drug-likeness (QED) is 0.849. The Morgan fingerprint density at radius 2 is 2.24 bits per heavy atom. The molecule has 0 bridgehead atoms. The molecular formula is C11H15N3O3. The van der Waals surface area contributed by atoms with Crippen LogP contribution in [0.4, 0.5) is 10.6 Å². The van der Waals surface area contributed by atoms with Gasteiger partial charge in [0, 0.05) is 12.4 Å². The molecule has 0 saturated heterocycles. The molecule has 1 aromatic rings. The van der Waals surface area contributed by atoms with E-state index in [4.69, 9.17) is 4.74 Å². The zero-order chi connectivity index (χ0) is 13.1. The van der Waals surface area contributed by atoms with Crippen LogP contribution in [0.3, 0.4) is 0 Å². The first-order valence-corrected chi connectivity index (χ1v) is 5.03. The molecule has 0 atom stereocenters. The van der Waals surface area contributed by atoms with Crippen molar-refractivity contribution < 1.29 is 9.53 Å². The number of carbonyl (C=O) groups excluding carboxylic acids is 1. The van der Waals surface area contributed by atoms with E-state index in [0.29, 0.717) is 0 Å². The van der Waals surface area contributed by atoms with Crippen molar-refractivity contribution in [1.29, 1.82) is 0 Å². The molecular weight excluding hydrogens is 222 g/mol. The molecule has 1 heterocycles. The zero-order valence-corrected chi connectivity index (χ0v) is 10.1. The smallest absolute Gasteiger partial charge is 0.413 e. The van der Waals surface area contributed by atoms with Gasteiger partial charge in [-0.05, 0) is 26.8 Å². The molecule has 6 heteroatoms. The van der Waals surface area contributed by atoms with Crippen molar-refractivity contribution in [2.75, 3.05) is 5.32 Å². The summed E-state index contributed by atoms with van der Waals surface area (Å²) >= 11 is 0. The first-order valence-electron chi connectivity index (χ1n) is 5.03. The van der Waals surface area contributed by atoms with Crippen LogP contribution in [0, 0.1) is 0 Å². The van der Waals surface area contributed by atoms with Crippen LogP contribution >= 0.6 is 0 Å². The second-order valence-electron chi connectivity index (χ2n) is 4.31. The SMILES string of the molecule is C=Cn1ccc(NC(=O)OC(C)(C)C)nc1=O. The standard InChI is InChI=1S/C11H15N3O3/c1-5-14-7-6-8(12-9(14)15)13-10(16)17-11(2,3)4/h5-7H,1H2,2-4H3,(H,12,13,15,16). The van der Waals surface area contributed by atoms with Gasteiger partial charge in [-0.3, -0.25) is 9.88 Å². The summed E-state index contributed by atoms with van der Waals surface area (Å²) in [5, 5.41) is 2.37. The van der Waals surface area contributed by atoms with Gasteiger partial charge in [-0.2, -0.15) is 4.98 Å². The Morgan fingerprint density at radius 3 is 2.71 bits per heavy atom. The molecule has 1 rings (SSSR count). The summed E-state index contributed by atoms with van der Waals surface area (Å²) < 4.78 is 6.21. The van der Waals surface area contributed by atoms with Crippen molar-refractivity contribution in [3.8, 4) is 0 Å². The maximum Gasteiger partial charge on any atom is 0.413 e. The lowest BCUT2D eigenvalue weighted by atomic mass is 10.2. The van der Waals surface area contributed by atoms with E-state index in [2.05, 4.69) is 16.9 Å². The Labute approximate surface area is 98.9 Å². The summed E-state index contributed by atoms with van der Waals surface area (Å²) in [6.45, 7) is 8.68. The van der Waals surface area contributed by atoms with Crippen LogP contribution in [0.2, 0.25) is 0 Å². The van der Waals surface area contributed by atoms with Crippen molar-refractivity contribution in [3.05, 3.63) is 29.3 Å². The molecule has 0 aliphatic rings. The summed E-state index contributed by atoms with van der Waals surface area (Å²) in [5.74, 6) is 0.141. The largest absolute Gasteiger partial charge is 0.444 e. The normalized spacial score (nSPS) is 10.8. The van der Waals surface area contributed by atoms with Crippen LogP contribution in [0.5, 0.6) is 0 Å². The third-order valence-electron chi connectivity index (χ3n) is 1.66. The lowest BCUT2D eigenvalue weighted by molar-refractivity contribution is 0.0635. The van der Waals surface area contributed by atoms with E-state index >= 15 is 0 Å². The summed E-state index contributed by atoms with van der Waals surface area (Å²) in [5.41, 5.74) is -1.12. The summed E-state index contributed by atoms with van der Waals surface area (Å²) in [6, 6.07) is 1.48. The fourth-order valence-corrected chi connectivity index (χ4v) is 1.03. The predicted octanol–water partition coefficient (Wildman–Crippen LogP) is 1.69. The average Bonchev–Trinajstić information content (AvgIpc) is 2.14. The number of carbonyl (C=O) groups is 1. The molecule has 1 amide bonds. The van der Waals surface area contributed by atoms with E-state index in [1.54, 1.807) is 20.8 Å². The fourth-order valence-electron chi connectivity index (χ4n) is 1.03. The van der Waals surface area contributed by atoms with Crippen molar-refractivity contribution in [2.45, 2.75) is 26.4 Å². The van der Waals surface area contributed by atoms with E-state index in [0.717, 1.165) is 0 Å². The van der Waals surface area contributed by atoms with Gasteiger partial charge in [-0.15, -0.1) is 0 Å². The van der Waals surface area contributed by atoms with Gasteiger partial charge in [0.15, 0.2) is 0 Å². The number of hydrogen-bond acceptors (Lipinski definition) is 4. The highest BCUT2D eigenvalue weighted by Crippen LogP contribution is 2.08. The van der Waals surface area contributed by atoms with Gasteiger partial charge >= 0.3 is 11.8 Å². The molecule has 0 aliphatic heterocycles. The number of nitrogens with one attached hydrogen (secondary N) is 1. The highest BCUT2D eigenvalue weighted by molar-refractivity contribution is 5.83. The van der Waals surface area contributed by atoms with E-state index in [1.807, 2.05) is 0 Å². The molecule has 6 nitrogen and oxygen atoms in total. The number of rotatable bonds is 2. The lowest BCUT2D eigenvalue weighted by Gasteiger charge is -2.19. The van der Waals surface area contributed by atoms with Crippen LogP contribution in [-0.2, 0) is 4.74 Å². The molecule has 0 aromatic carbocycles. The molecule has 1 aromatic heterocycles. The number of anilines is 1. The molecule has 0 unspecified atom stereocenters. The van der Waals surface area contributed by atoms with E-state index in [-0.39, 0.29) is 5.82 Å². The van der Waals surface area contributed by atoms with Crippen molar-refractivity contribution in [1.82, 2.24) is 9.55 Å². The van der Waals surface area contributed by atoms with Crippen molar-refractivity contribution in [3.63, 3.8) is 0 Å². The van der Waals surface area contributed by atoms with Gasteiger partial charge < -0.3 is 4.74 Å². The minimum Gasteiger partial charge on any atom is -0.444 e. The van der Waals surface area contributed by atoms with Crippen LogP contribution in [-0.4, -0.2) is 21.2 Å². The summed E-state index contributed by atoms with van der Waals surface area (Å²) in [6.07, 6.45) is 2.13. The van der Waals surface area contributed by atoms with Crippen molar-refractivity contribution >= 4 is 18.1 Å². The maximum absolute atomic E-state index is 11.4. The number of aromatic nitrogens is 2. The lowest BCUT2D eigenvalue weighted by Crippen LogP contribution is -2.28. The number of nitrogens with zero attached hydrogens (tertiary/aromatic N) is 2. The van der Waals surface area contributed by atoms with Crippen LogP contribution in [0.1, 0.15) is 20.8 Å². The van der Waals surface area contributed by atoms with Gasteiger partial charge in [0.1, 0.15) is 11.4 Å². The minimum absolute atomic E-state index is 0.141. The first kappa shape index (κ1) is 13.0. The fraction of sp³-hybridized carbons (Fsp3) is 0.364. The van der Waals surface area contributed by atoms with E-state index < -0.39 is 17.4 Å². The molecule has 0 aliphatic carbocycles. The highest BCUT2D eigenvalue weighted by atomic mass is 16.6. The number of ether oxygens (including phenoxy) is 1. The molecule has 92 valence electrons. The third-order valence-corrected chi connectivity index (χ3v) is 1.66. The number of hydrogen-bond donors (Lipinski definition) is 1. The topological polar surface area (TPSA) is 73.2 Å². The van der Waals surface area contributed by atoms with Crippen LogP contribution in [0.25, 0.3) is 6.20 Å².